The van der Waals surface area contributed by atoms with Crippen LogP contribution in [0, 0.1) is 5.41 Å². The standard InChI is InChI=1S/C18H27N3/c1-4-11-21(14-18(2,3)13-19)12-16-8-5-7-15-9-6-10-20-17(15)16/h5-10H,4,11-14,19H2,1-3H3. The number of hydrogen-bond acceptors (Lipinski definition) is 3. The van der Waals surface area contributed by atoms with Gasteiger partial charge in [-0.2, -0.15) is 0 Å². The molecule has 0 spiro atoms. The highest BCUT2D eigenvalue weighted by Gasteiger charge is 2.20. The zero-order chi connectivity index (χ0) is 15.3. The molecule has 1 aromatic carbocycles. The smallest absolute Gasteiger partial charge is 0.0746 e. The van der Waals surface area contributed by atoms with Crippen LogP contribution in [-0.4, -0.2) is 29.5 Å². The fraction of sp³-hybridized carbons (Fsp3) is 0.500. The topological polar surface area (TPSA) is 42.2 Å². The van der Waals surface area contributed by atoms with Crippen LogP contribution < -0.4 is 5.73 Å². The van der Waals surface area contributed by atoms with E-state index in [1.165, 1.54) is 10.9 Å². The second kappa shape index (κ2) is 7.01. The number of aromatic nitrogens is 1. The van der Waals surface area contributed by atoms with Gasteiger partial charge in [0.05, 0.1) is 5.52 Å². The minimum Gasteiger partial charge on any atom is -0.330 e. The zero-order valence-electron chi connectivity index (χ0n) is 13.5. The van der Waals surface area contributed by atoms with Crippen LogP contribution in [0.15, 0.2) is 36.5 Å². The Balaban J connectivity index is 2.22. The molecule has 3 nitrogen and oxygen atoms in total. The maximum atomic E-state index is 5.90. The van der Waals surface area contributed by atoms with E-state index in [4.69, 9.17) is 5.73 Å². The number of nitrogens with zero attached hydrogens (tertiary/aromatic N) is 2. The summed E-state index contributed by atoms with van der Waals surface area (Å²) in [5.41, 5.74) is 8.46. The van der Waals surface area contributed by atoms with Crippen LogP contribution in [0.2, 0.25) is 0 Å². The highest BCUT2D eigenvalue weighted by atomic mass is 15.1. The lowest BCUT2D eigenvalue weighted by Gasteiger charge is -2.31. The number of hydrogen-bond donors (Lipinski definition) is 1. The Morgan fingerprint density at radius 1 is 1.19 bits per heavy atom. The summed E-state index contributed by atoms with van der Waals surface area (Å²) in [6, 6.07) is 10.6. The molecule has 2 aromatic rings. The summed E-state index contributed by atoms with van der Waals surface area (Å²) in [4.78, 5) is 7.06. The Bertz CT molecular complexity index is 572. The van der Waals surface area contributed by atoms with Crippen molar-refractivity contribution in [3.05, 3.63) is 42.1 Å². The fourth-order valence-corrected chi connectivity index (χ4v) is 2.74. The van der Waals surface area contributed by atoms with Crippen molar-refractivity contribution in [1.29, 1.82) is 0 Å². The van der Waals surface area contributed by atoms with Gasteiger partial charge in [0.1, 0.15) is 0 Å². The quantitative estimate of drug-likeness (QED) is 0.847. The van der Waals surface area contributed by atoms with E-state index >= 15 is 0 Å². The molecule has 0 atom stereocenters. The molecule has 0 radical (unpaired) electrons. The third-order valence-electron chi connectivity index (χ3n) is 3.85. The Labute approximate surface area is 128 Å². The summed E-state index contributed by atoms with van der Waals surface area (Å²) >= 11 is 0. The molecule has 2 N–H and O–H groups in total. The summed E-state index contributed by atoms with van der Waals surface area (Å²) in [6.07, 6.45) is 3.03. The number of para-hydroxylation sites is 1. The van der Waals surface area contributed by atoms with Gasteiger partial charge < -0.3 is 5.73 Å². The first-order chi connectivity index (χ1) is 10.1. The van der Waals surface area contributed by atoms with Crippen molar-refractivity contribution < 1.29 is 0 Å². The summed E-state index contributed by atoms with van der Waals surface area (Å²) in [5, 5.41) is 1.21. The molecule has 1 heterocycles. The first-order valence-electron chi connectivity index (χ1n) is 7.81. The van der Waals surface area contributed by atoms with Crippen LogP contribution in [0.5, 0.6) is 0 Å². The van der Waals surface area contributed by atoms with E-state index in [1.54, 1.807) is 0 Å². The van der Waals surface area contributed by atoms with Gasteiger partial charge in [-0.1, -0.05) is 45.0 Å². The molecule has 1 aromatic heterocycles. The first-order valence-corrected chi connectivity index (χ1v) is 7.81. The largest absolute Gasteiger partial charge is 0.330 e. The first kappa shape index (κ1) is 15.9. The van der Waals surface area contributed by atoms with Crippen LogP contribution in [0.25, 0.3) is 10.9 Å². The van der Waals surface area contributed by atoms with E-state index in [-0.39, 0.29) is 5.41 Å². The van der Waals surface area contributed by atoms with Crippen molar-refractivity contribution in [3.63, 3.8) is 0 Å². The second-order valence-electron chi connectivity index (χ2n) is 6.57. The summed E-state index contributed by atoms with van der Waals surface area (Å²) in [6.45, 7) is 10.4. The van der Waals surface area contributed by atoms with Gasteiger partial charge in [-0.3, -0.25) is 9.88 Å². The minimum absolute atomic E-state index is 0.146. The highest BCUT2D eigenvalue weighted by molar-refractivity contribution is 5.81. The number of pyridine rings is 1. The predicted molar refractivity (Wildman–Crippen MR) is 90.1 cm³/mol. The second-order valence-corrected chi connectivity index (χ2v) is 6.57. The third kappa shape index (κ3) is 4.26. The molecule has 0 fully saturated rings. The van der Waals surface area contributed by atoms with E-state index < -0.39 is 0 Å². The number of fused-ring (bicyclic) bond motifs is 1. The van der Waals surface area contributed by atoms with Crippen LogP contribution in [0.1, 0.15) is 32.8 Å². The lowest BCUT2D eigenvalue weighted by molar-refractivity contribution is 0.176. The van der Waals surface area contributed by atoms with E-state index in [9.17, 15) is 0 Å². The number of benzene rings is 1. The van der Waals surface area contributed by atoms with E-state index in [0.29, 0.717) is 6.54 Å². The predicted octanol–water partition coefficient (Wildman–Crippen LogP) is 3.43. The van der Waals surface area contributed by atoms with Gasteiger partial charge in [0.25, 0.3) is 0 Å². The summed E-state index contributed by atoms with van der Waals surface area (Å²) < 4.78 is 0. The van der Waals surface area contributed by atoms with Crippen molar-refractivity contribution in [2.45, 2.75) is 33.7 Å². The average molecular weight is 285 g/mol. The lowest BCUT2D eigenvalue weighted by atomic mass is 9.92. The molecule has 0 bridgehead atoms. The van der Waals surface area contributed by atoms with Crippen molar-refractivity contribution in [1.82, 2.24) is 9.88 Å². The summed E-state index contributed by atoms with van der Waals surface area (Å²) in [5.74, 6) is 0. The van der Waals surface area contributed by atoms with Gasteiger partial charge in [0.15, 0.2) is 0 Å². The van der Waals surface area contributed by atoms with Crippen molar-refractivity contribution in [3.8, 4) is 0 Å². The molecule has 0 aliphatic carbocycles. The molecule has 3 heteroatoms. The third-order valence-corrected chi connectivity index (χ3v) is 3.85. The Kier molecular flexibility index (Phi) is 5.32. The monoisotopic (exact) mass is 285 g/mol. The van der Waals surface area contributed by atoms with Crippen LogP contribution >= 0.6 is 0 Å². The van der Waals surface area contributed by atoms with Crippen molar-refractivity contribution in [2.75, 3.05) is 19.6 Å². The fourth-order valence-electron chi connectivity index (χ4n) is 2.74. The van der Waals surface area contributed by atoms with Crippen LogP contribution in [0.3, 0.4) is 0 Å². The molecular formula is C18H27N3. The van der Waals surface area contributed by atoms with Gasteiger partial charge in [-0.05, 0) is 36.6 Å². The Hall–Kier alpha value is -1.45. The SMILES string of the molecule is CCCN(Cc1cccc2cccnc12)CC(C)(C)CN. The molecular weight excluding hydrogens is 258 g/mol. The Morgan fingerprint density at radius 3 is 2.67 bits per heavy atom. The van der Waals surface area contributed by atoms with Gasteiger partial charge in [-0.15, -0.1) is 0 Å². The molecule has 114 valence electrons. The van der Waals surface area contributed by atoms with E-state index in [2.05, 4.69) is 54.9 Å². The zero-order valence-corrected chi connectivity index (χ0v) is 13.5. The van der Waals surface area contributed by atoms with Gasteiger partial charge in [-0.25, -0.2) is 0 Å². The molecule has 0 aliphatic heterocycles. The summed E-state index contributed by atoms with van der Waals surface area (Å²) in [7, 11) is 0. The maximum Gasteiger partial charge on any atom is 0.0746 e. The average Bonchev–Trinajstić information content (AvgIpc) is 2.47. The molecule has 0 amide bonds. The minimum atomic E-state index is 0.146. The molecule has 21 heavy (non-hydrogen) atoms. The molecule has 0 saturated carbocycles. The normalized spacial score (nSPS) is 12.2. The molecule has 0 unspecified atom stereocenters. The Morgan fingerprint density at radius 2 is 1.95 bits per heavy atom. The molecule has 0 saturated heterocycles. The highest BCUT2D eigenvalue weighted by Crippen LogP contribution is 2.21. The van der Waals surface area contributed by atoms with Gasteiger partial charge >= 0.3 is 0 Å². The van der Waals surface area contributed by atoms with Crippen molar-refractivity contribution >= 4 is 10.9 Å². The van der Waals surface area contributed by atoms with Crippen LogP contribution in [-0.2, 0) is 6.54 Å². The van der Waals surface area contributed by atoms with Crippen LogP contribution in [0.4, 0.5) is 0 Å². The lowest BCUT2D eigenvalue weighted by Crippen LogP contribution is -2.38. The molecule has 2 rings (SSSR count). The van der Waals surface area contributed by atoms with Gasteiger partial charge in [0.2, 0.25) is 0 Å². The van der Waals surface area contributed by atoms with E-state index in [0.717, 1.165) is 31.6 Å². The maximum absolute atomic E-state index is 5.90. The van der Waals surface area contributed by atoms with Gasteiger partial charge in [0, 0.05) is 24.7 Å². The van der Waals surface area contributed by atoms with E-state index in [1.807, 2.05) is 12.3 Å². The number of rotatable bonds is 7. The molecule has 0 aliphatic rings. The van der Waals surface area contributed by atoms with Crippen molar-refractivity contribution in [2.24, 2.45) is 11.1 Å². The number of nitrogens with two attached hydrogens (primary N) is 1.